The van der Waals surface area contributed by atoms with Crippen LogP contribution in [0.5, 0.6) is 0 Å². The van der Waals surface area contributed by atoms with Crippen LogP contribution in [-0.4, -0.2) is 29.8 Å². The van der Waals surface area contributed by atoms with Crippen molar-refractivity contribution >= 4 is 11.9 Å². The Labute approximate surface area is 118 Å². The van der Waals surface area contributed by atoms with Crippen LogP contribution in [0.25, 0.3) is 0 Å². The van der Waals surface area contributed by atoms with Crippen LogP contribution in [0.1, 0.15) is 26.3 Å². The molecule has 20 heavy (non-hydrogen) atoms. The van der Waals surface area contributed by atoms with Gasteiger partial charge in [-0.2, -0.15) is 0 Å². The van der Waals surface area contributed by atoms with E-state index in [2.05, 4.69) is 0 Å². The lowest BCUT2D eigenvalue weighted by molar-refractivity contribution is -0.168. The molecule has 0 spiro atoms. The number of hydrogen-bond acceptors (Lipinski definition) is 4. The summed E-state index contributed by atoms with van der Waals surface area (Å²) in [5, 5.41) is 9.29. The zero-order chi connectivity index (χ0) is 15.2. The second kappa shape index (κ2) is 7.05. The molecule has 0 heterocycles. The van der Waals surface area contributed by atoms with Crippen molar-refractivity contribution in [1.82, 2.24) is 0 Å². The van der Waals surface area contributed by atoms with Crippen LogP contribution in [-0.2, 0) is 25.7 Å². The molecule has 0 aliphatic heterocycles. The molecule has 0 bridgehead atoms. The van der Waals surface area contributed by atoms with Crippen LogP contribution in [0, 0.1) is 5.41 Å². The first kappa shape index (κ1) is 16.2. The van der Waals surface area contributed by atoms with E-state index in [0.717, 1.165) is 5.56 Å². The van der Waals surface area contributed by atoms with Crippen molar-refractivity contribution in [2.24, 2.45) is 5.41 Å². The van der Waals surface area contributed by atoms with E-state index in [-0.39, 0.29) is 13.2 Å². The first-order chi connectivity index (χ1) is 9.33. The zero-order valence-electron chi connectivity index (χ0n) is 12.0. The second-order valence-corrected chi connectivity index (χ2v) is 5.28. The first-order valence-corrected chi connectivity index (χ1v) is 6.34. The summed E-state index contributed by atoms with van der Waals surface area (Å²) in [7, 11) is 0. The van der Waals surface area contributed by atoms with Gasteiger partial charge in [-0.15, -0.1) is 0 Å². The number of carbonyl (C=O) groups is 2. The zero-order valence-corrected chi connectivity index (χ0v) is 12.0. The largest absolute Gasteiger partial charge is 0.479 e. The van der Waals surface area contributed by atoms with Crippen LogP contribution in [0.4, 0.5) is 0 Å². The summed E-state index contributed by atoms with van der Waals surface area (Å²) in [6, 6.07) is 9.32. The quantitative estimate of drug-likeness (QED) is 0.775. The topological polar surface area (TPSA) is 72.8 Å². The molecule has 0 saturated carbocycles. The Kier molecular flexibility index (Phi) is 5.70. The average molecular weight is 280 g/mol. The molecule has 1 N–H and O–H groups in total. The van der Waals surface area contributed by atoms with Gasteiger partial charge >= 0.3 is 11.9 Å². The lowest BCUT2D eigenvalue weighted by Gasteiger charge is -2.30. The Morgan fingerprint density at radius 1 is 1.25 bits per heavy atom. The lowest BCUT2D eigenvalue weighted by Crippen LogP contribution is -2.42. The van der Waals surface area contributed by atoms with E-state index in [0.29, 0.717) is 0 Å². The Morgan fingerprint density at radius 2 is 1.85 bits per heavy atom. The molecular weight excluding hydrogens is 260 g/mol. The number of esters is 1. The minimum atomic E-state index is -1.07. The smallest absolute Gasteiger partial charge is 0.333 e. The van der Waals surface area contributed by atoms with Crippen molar-refractivity contribution < 1.29 is 24.2 Å². The monoisotopic (exact) mass is 280 g/mol. The van der Waals surface area contributed by atoms with E-state index < -0.39 is 23.5 Å². The maximum Gasteiger partial charge on any atom is 0.333 e. The van der Waals surface area contributed by atoms with Crippen molar-refractivity contribution in [3.63, 3.8) is 0 Å². The summed E-state index contributed by atoms with van der Waals surface area (Å²) >= 11 is 0. The molecule has 1 aromatic rings. The normalized spacial score (nSPS) is 12.8. The molecule has 0 amide bonds. The van der Waals surface area contributed by atoms with Crippen molar-refractivity contribution in [2.45, 2.75) is 33.5 Å². The number of benzene rings is 1. The number of carboxylic acid groups (broad SMARTS) is 1. The number of carboxylic acids is 1. The van der Waals surface area contributed by atoms with Crippen LogP contribution in [0.15, 0.2) is 30.3 Å². The molecule has 5 heteroatoms. The molecular formula is C15H20O5. The molecule has 0 aliphatic rings. The standard InChI is InChI=1S/C15H20O5/c1-11(16)20-10-15(2,3)13(14(17)18)19-9-12-7-5-4-6-8-12/h4-8,13H,9-10H2,1-3H3,(H,17,18). The summed E-state index contributed by atoms with van der Waals surface area (Å²) in [6.45, 7) is 4.87. The second-order valence-electron chi connectivity index (χ2n) is 5.28. The molecule has 0 saturated heterocycles. The van der Waals surface area contributed by atoms with E-state index in [1.54, 1.807) is 13.8 Å². The Bertz CT molecular complexity index is 453. The summed E-state index contributed by atoms with van der Waals surface area (Å²) in [5.41, 5.74) is 0.0776. The molecule has 1 atom stereocenters. The number of ether oxygens (including phenoxy) is 2. The number of hydrogen-bond donors (Lipinski definition) is 1. The maximum atomic E-state index is 11.3. The lowest BCUT2D eigenvalue weighted by atomic mass is 9.87. The van der Waals surface area contributed by atoms with Crippen LogP contribution in [0.2, 0.25) is 0 Å². The molecule has 5 nitrogen and oxygen atoms in total. The van der Waals surface area contributed by atoms with E-state index in [1.165, 1.54) is 6.92 Å². The van der Waals surface area contributed by atoms with E-state index >= 15 is 0 Å². The Morgan fingerprint density at radius 3 is 2.35 bits per heavy atom. The first-order valence-electron chi connectivity index (χ1n) is 6.34. The summed E-state index contributed by atoms with van der Waals surface area (Å²) < 4.78 is 10.4. The molecule has 0 radical (unpaired) electrons. The molecule has 0 aromatic heterocycles. The summed E-state index contributed by atoms with van der Waals surface area (Å²) in [4.78, 5) is 22.2. The molecule has 1 rings (SSSR count). The molecule has 0 fully saturated rings. The summed E-state index contributed by atoms with van der Waals surface area (Å²) in [6.07, 6.45) is -1.05. The van der Waals surface area contributed by atoms with E-state index in [4.69, 9.17) is 9.47 Å². The highest BCUT2D eigenvalue weighted by molar-refractivity contribution is 5.73. The highest BCUT2D eigenvalue weighted by Gasteiger charge is 2.37. The van der Waals surface area contributed by atoms with Gasteiger partial charge < -0.3 is 14.6 Å². The van der Waals surface area contributed by atoms with E-state index in [1.807, 2.05) is 30.3 Å². The highest BCUT2D eigenvalue weighted by Crippen LogP contribution is 2.25. The van der Waals surface area contributed by atoms with Crippen LogP contribution in [0.3, 0.4) is 0 Å². The number of carbonyl (C=O) groups excluding carboxylic acids is 1. The fourth-order valence-electron chi connectivity index (χ4n) is 1.75. The van der Waals surface area contributed by atoms with Gasteiger partial charge in [-0.25, -0.2) is 4.79 Å². The van der Waals surface area contributed by atoms with Gasteiger partial charge in [0.25, 0.3) is 0 Å². The highest BCUT2D eigenvalue weighted by atomic mass is 16.5. The van der Waals surface area contributed by atoms with Gasteiger partial charge in [-0.1, -0.05) is 44.2 Å². The van der Waals surface area contributed by atoms with Gasteiger partial charge in [-0.05, 0) is 5.56 Å². The van der Waals surface area contributed by atoms with Crippen molar-refractivity contribution in [3.05, 3.63) is 35.9 Å². The summed E-state index contributed by atoms with van der Waals surface area (Å²) in [5.74, 6) is -1.51. The third kappa shape index (κ3) is 5.01. The van der Waals surface area contributed by atoms with Crippen molar-refractivity contribution in [3.8, 4) is 0 Å². The molecule has 110 valence electrons. The van der Waals surface area contributed by atoms with Gasteiger partial charge in [0.05, 0.1) is 13.2 Å². The minimum absolute atomic E-state index is 0.00586. The van der Waals surface area contributed by atoms with Gasteiger partial charge in [0.1, 0.15) is 0 Å². The predicted molar refractivity (Wildman–Crippen MR) is 73.1 cm³/mol. The molecule has 1 aromatic carbocycles. The van der Waals surface area contributed by atoms with Gasteiger partial charge in [-0.3, -0.25) is 4.79 Å². The third-order valence-corrected chi connectivity index (χ3v) is 2.84. The Hall–Kier alpha value is -1.88. The van der Waals surface area contributed by atoms with Crippen LogP contribution < -0.4 is 0 Å². The van der Waals surface area contributed by atoms with Gasteiger partial charge in [0, 0.05) is 12.3 Å². The molecule has 0 aliphatic carbocycles. The Balaban J connectivity index is 2.68. The van der Waals surface area contributed by atoms with Gasteiger partial charge in [0.2, 0.25) is 0 Å². The fraction of sp³-hybridized carbons (Fsp3) is 0.467. The predicted octanol–water partition coefficient (Wildman–Crippen LogP) is 2.25. The maximum absolute atomic E-state index is 11.3. The average Bonchev–Trinajstić information content (AvgIpc) is 2.37. The third-order valence-electron chi connectivity index (χ3n) is 2.84. The minimum Gasteiger partial charge on any atom is -0.479 e. The van der Waals surface area contributed by atoms with Crippen molar-refractivity contribution in [2.75, 3.05) is 6.61 Å². The SMILES string of the molecule is CC(=O)OCC(C)(C)C(OCc1ccccc1)C(=O)O. The number of rotatable bonds is 7. The van der Waals surface area contributed by atoms with Gasteiger partial charge in [0.15, 0.2) is 6.10 Å². The van der Waals surface area contributed by atoms with E-state index in [9.17, 15) is 14.7 Å². The fourth-order valence-corrected chi connectivity index (χ4v) is 1.75. The van der Waals surface area contributed by atoms with Crippen molar-refractivity contribution in [1.29, 1.82) is 0 Å². The van der Waals surface area contributed by atoms with Crippen LogP contribution >= 0.6 is 0 Å². The molecule has 1 unspecified atom stereocenters. The number of aliphatic carboxylic acids is 1.